The lowest BCUT2D eigenvalue weighted by molar-refractivity contribution is 0.416. The molecule has 0 aliphatic rings. The van der Waals surface area contributed by atoms with Gasteiger partial charge in [-0.15, -0.1) is 0 Å². The molecule has 2 aromatic rings. The lowest BCUT2D eigenvalue weighted by atomic mass is 10.1. The number of hydrogen-bond acceptors (Lipinski definition) is 3. The van der Waals surface area contributed by atoms with Crippen molar-refractivity contribution in [1.82, 2.24) is 0 Å². The number of para-hydroxylation sites is 2. The smallest absolute Gasteiger partial charge is 0.141 e. The summed E-state index contributed by atoms with van der Waals surface area (Å²) in [5, 5.41) is 12.6. The van der Waals surface area contributed by atoms with E-state index in [1.54, 1.807) is 7.11 Å². The summed E-state index contributed by atoms with van der Waals surface area (Å²) >= 11 is 3.47. The van der Waals surface area contributed by atoms with Crippen LogP contribution in [0.2, 0.25) is 0 Å². The number of rotatable bonds is 4. The zero-order valence-corrected chi connectivity index (χ0v) is 12.9. The summed E-state index contributed by atoms with van der Waals surface area (Å²) in [4.78, 5) is 0. The van der Waals surface area contributed by atoms with E-state index in [0.717, 1.165) is 27.0 Å². The molecule has 0 aromatic heterocycles. The summed E-state index contributed by atoms with van der Waals surface area (Å²) in [7, 11) is 1.62. The van der Waals surface area contributed by atoms with E-state index in [1.165, 1.54) is 0 Å². The van der Waals surface area contributed by atoms with Crippen molar-refractivity contribution in [2.75, 3.05) is 12.4 Å². The van der Waals surface area contributed by atoms with Crippen molar-refractivity contribution in [3.8, 4) is 11.8 Å². The van der Waals surface area contributed by atoms with Gasteiger partial charge in [0.1, 0.15) is 11.8 Å². The lowest BCUT2D eigenvalue weighted by Crippen LogP contribution is -2.09. The number of methoxy groups -OCH3 is 1. The average molecular weight is 331 g/mol. The Hall–Kier alpha value is -1.99. The fraction of sp³-hybridized carbons (Fsp3) is 0.188. The molecule has 0 amide bonds. The molecule has 0 saturated carbocycles. The second-order valence-electron chi connectivity index (χ2n) is 4.42. The molecule has 0 bridgehead atoms. The number of anilines is 1. The fourth-order valence-electron chi connectivity index (χ4n) is 1.96. The van der Waals surface area contributed by atoms with Crippen molar-refractivity contribution in [2.45, 2.75) is 13.0 Å². The molecular weight excluding hydrogens is 316 g/mol. The van der Waals surface area contributed by atoms with Crippen LogP contribution in [0, 0.1) is 18.3 Å². The molecule has 20 heavy (non-hydrogen) atoms. The van der Waals surface area contributed by atoms with Crippen molar-refractivity contribution in [3.05, 3.63) is 58.1 Å². The van der Waals surface area contributed by atoms with Gasteiger partial charge in [0, 0.05) is 4.47 Å². The Morgan fingerprint density at radius 3 is 2.65 bits per heavy atom. The van der Waals surface area contributed by atoms with Gasteiger partial charge in [0.05, 0.1) is 18.9 Å². The van der Waals surface area contributed by atoms with E-state index in [0.29, 0.717) is 0 Å². The number of halogens is 1. The second kappa shape index (κ2) is 6.44. The first-order valence-electron chi connectivity index (χ1n) is 6.21. The molecule has 3 nitrogen and oxygen atoms in total. The number of aryl methyl sites for hydroxylation is 1. The highest BCUT2D eigenvalue weighted by Crippen LogP contribution is 2.29. The normalized spacial score (nSPS) is 11.5. The first kappa shape index (κ1) is 14.4. The largest absolute Gasteiger partial charge is 0.495 e. The maximum Gasteiger partial charge on any atom is 0.141 e. The highest BCUT2D eigenvalue weighted by atomic mass is 79.9. The third kappa shape index (κ3) is 3.12. The third-order valence-corrected chi connectivity index (χ3v) is 3.94. The van der Waals surface area contributed by atoms with Crippen LogP contribution < -0.4 is 10.1 Å². The number of ether oxygens (including phenoxy) is 1. The van der Waals surface area contributed by atoms with Crippen molar-refractivity contribution in [3.63, 3.8) is 0 Å². The summed E-state index contributed by atoms with van der Waals surface area (Å²) in [5.41, 5.74) is 2.84. The van der Waals surface area contributed by atoms with Gasteiger partial charge in [-0.1, -0.05) is 40.2 Å². The Kier molecular flexibility index (Phi) is 4.65. The monoisotopic (exact) mass is 330 g/mol. The fourth-order valence-corrected chi connectivity index (χ4v) is 2.20. The van der Waals surface area contributed by atoms with E-state index in [-0.39, 0.29) is 0 Å². The molecule has 0 heterocycles. The van der Waals surface area contributed by atoms with E-state index in [1.807, 2.05) is 49.4 Å². The van der Waals surface area contributed by atoms with E-state index in [2.05, 4.69) is 27.3 Å². The molecule has 0 saturated heterocycles. The van der Waals surface area contributed by atoms with E-state index in [4.69, 9.17) is 4.74 Å². The number of nitrogens with zero attached hydrogens (tertiary/aromatic N) is 1. The maximum absolute atomic E-state index is 9.40. The first-order valence-corrected chi connectivity index (χ1v) is 7.00. The molecule has 2 rings (SSSR count). The zero-order valence-electron chi connectivity index (χ0n) is 11.4. The molecule has 1 N–H and O–H groups in total. The van der Waals surface area contributed by atoms with Crippen molar-refractivity contribution in [2.24, 2.45) is 0 Å². The third-order valence-electron chi connectivity index (χ3n) is 3.05. The molecule has 102 valence electrons. The van der Waals surface area contributed by atoms with Gasteiger partial charge in [-0.2, -0.15) is 5.26 Å². The van der Waals surface area contributed by atoms with Gasteiger partial charge in [0.15, 0.2) is 0 Å². The van der Waals surface area contributed by atoms with Gasteiger partial charge in [-0.3, -0.25) is 0 Å². The Morgan fingerprint density at radius 2 is 2.00 bits per heavy atom. The average Bonchev–Trinajstić information content (AvgIpc) is 2.48. The maximum atomic E-state index is 9.40. The Balaban J connectivity index is 2.29. The molecule has 0 fully saturated rings. The Bertz CT molecular complexity index is 649. The highest BCUT2D eigenvalue weighted by molar-refractivity contribution is 9.10. The first-order chi connectivity index (χ1) is 9.65. The van der Waals surface area contributed by atoms with Crippen LogP contribution in [-0.2, 0) is 0 Å². The van der Waals surface area contributed by atoms with Crippen LogP contribution >= 0.6 is 15.9 Å². The Labute approximate surface area is 127 Å². The molecule has 0 aliphatic heterocycles. The molecule has 2 aromatic carbocycles. The summed E-state index contributed by atoms with van der Waals surface area (Å²) in [6.07, 6.45) is 0. The van der Waals surface area contributed by atoms with Gasteiger partial charge >= 0.3 is 0 Å². The minimum Gasteiger partial charge on any atom is -0.495 e. The SMILES string of the molecule is COc1ccccc1NC(C#N)c1ccc(Br)c(C)c1. The molecule has 4 heteroatoms. The van der Waals surface area contributed by atoms with Crippen LogP contribution in [0.4, 0.5) is 5.69 Å². The van der Waals surface area contributed by atoms with Gasteiger partial charge in [0.25, 0.3) is 0 Å². The minimum absolute atomic E-state index is 0.418. The zero-order chi connectivity index (χ0) is 14.5. The Morgan fingerprint density at radius 1 is 1.25 bits per heavy atom. The van der Waals surface area contributed by atoms with E-state index in [9.17, 15) is 5.26 Å². The van der Waals surface area contributed by atoms with Crippen molar-refractivity contribution < 1.29 is 4.74 Å². The quantitative estimate of drug-likeness (QED) is 0.901. The predicted octanol–water partition coefficient (Wildman–Crippen LogP) is 4.44. The molecule has 0 radical (unpaired) electrons. The number of nitriles is 1. The van der Waals surface area contributed by atoms with Crippen LogP contribution in [0.15, 0.2) is 46.9 Å². The van der Waals surface area contributed by atoms with Gasteiger partial charge in [-0.05, 0) is 36.2 Å². The van der Waals surface area contributed by atoms with Crippen molar-refractivity contribution in [1.29, 1.82) is 5.26 Å². The number of hydrogen-bond donors (Lipinski definition) is 1. The van der Waals surface area contributed by atoms with Gasteiger partial charge < -0.3 is 10.1 Å². The number of nitrogens with one attached hydrogen (secondary N) is 1. The van der Waals surface area contributed by atoms with Gasteiger partial charge in [-0.25, -0.2) is 0 Å². The molecular formula is C16H15BrN2O. The summed E-state index contributed by atoms with van der Waals surface area (Å²) in [6, 6.07) is 15.3. The molecule has 1 unspecified atom stereocenters. The molecule has 0 spiro atoms. The predicted molar refractivity (Wildman–Crippen MR) is 83.8 cm³/mol. The van der Waals surface area contributed by atoms with Crippen LogP contribution in [0.5, 0.6) is 5.75 Å². The lowest BCUT2D eigenvalue weighted by Gasteiger charge is -2.16. The number of benzene rings is 2. The summed E-state index contributed by atoms with van der Waals surface area (Å²) in [5.74, 6) is 0.724. The molecule has 1 atom stereocenters. The molecule has 0 aliphatic carbocycles. The van der Waals surface area contributed by atoms with Gasteiger partial charge in [0.2, 0.25) is 0 Å². The van der Waals surface area contributed by atoms with E-state index >= 15 is 0 Å². The van der Waals surface area contributed by atoms with Crippen LogP contribution in [0.3, 0.4) is 0 Å². The standard InChI is InChI=1S/C16H15BrN2O/c1-11-9-12(7-8-13(11)17)15(10-18)19-14-5-3-4-6-16(14)20-2/h3-9,15,19H,1-2H3. The minimum atomic E-state index is -0.418. The van der Waals surface area contributed by atoms with E-state index < -0.39 is 6.04 Å². The van der Waals surface area contributed by atoms with Crippen LogP contribution in [0.25, 0.3) is 0 Å². The van der Waals surface area contributed by atoms with Crippen LogP contribution in [-0.4, -0.2) is 7.11 Å². The van der Waals surface area contributed by atoms with Crippen LogP contribution in [0.1, 0.15) is 17.2 Å². The topological polar surface area (TPSA) is 45.0 Å². The van der Waals surface area contributed by atoms with Crippen molar-refractivity contribution >= 4 is 21.6 Å². The summed E-state index contributed by atoms with van der Waals surface area (Å²) in [6.45, 7) is 2.01. The second-order valence-corrected chi connectivity index (χ2v) is 5.27. The summed E-state index contributed by atoms with van der Waals surface area (Å²) < 4.78 is 6.33. The highest BCUT2D eigenvalue weighted by Gasteiger charge is 2.13.